The highest BCUT2D eigenvalue weighted by molar-refractivity contribution is 5.74. The van der Waals surface area contributed by atoms with Gasteiger partial charge in [-0.05, 0) is 38.4 Å². The van der Waals surface area contributed by atoms with Crippen LogP contribution in [-0.4, -0.2) is 59.2 Å². The van der Waals surface area contributed by atoms with E-state index in [4.69, 9.17) is 4.42 Å². The number of rotatable bonds is 3. The maximum atomic E-state index is 12.5. The topological polar surface area (TPSA) is 70.7 Å². The minimum Gasteiger partial charge on any atom is -0.408 e. The zero-order chi connectivity index (χ0) is 17.4. The van der Waals surface area contributed by atoms with Crippen molar-refractivity contribution in [2.24, 2.45) is 0 Å². The largest absolute Gasteiger partial charge is 0.420 e. The van der Waals surface area contributed by atoms with Crippen molar-refractivity contribution in [1.29, 1.82) is 0 Å². The second-order valence-electron chi connectivity index (χ2n) is 7.00. The molecule has 2 aromatic rings. The molecule has 7 heteroatoms. The van der Waals surface area contributed by atoms with Crippen molar-refractivity contribution in [1.82, 2.24) is 19.7 Å². The van der Waals surface area contributed by atoms with Crippen LogP contribution in [0.5, 0.6) is 0 Å². The molecule has 2 amide bonds. The minimum absolute atomic E-state index is 0.0400. The Morgan fingerprint density at radius 1 is 1.24 bits per heavy atom. The molecule has 0 radical (unpaired) electrons. The second-order valence-corrected chi connectivity index (χ2v) is 7.00. The van der Waals surface area contributed by atoms with Crippen LogP contribution in [0.15, 0.2) is 33.5 Å². The average Bonchev–Trinajstić information content (AvgIpc) is 3.03. The fourth-order valence-electron chi connectivity index (χ4n) is 4.11. The Morgan fingerprint density at radius 2 is 2.04 bits per heavy atom. The van der Waals surface area contributed by atoms with Gasteiger partial charge in [-0.1, -0.05) is 12.1 Å². The van der Waals surface area contributed by atoms with Gasteiger partial charge in [0, 0.05) is 38.3 Å². The van der Waals surface area contributed by atoms with Crippen LogP contribution in [0.25, 0.3) is 11.1 Å². The number of fused-ring (bicyclic) bond motifs is 3. The van der Waals surface area contributed by atoms with E-state index in [9.17, 15) is 9.59 Å². The number of benzene rings is 1. The van der Waals surface area contributed by atoms with E-state index in [1.807, 2.05) is 23.1 Å². The number of aromatic nitrogens is 1. The van der Waals surface area contributed by atoms with Crippen LogP contribution in [0.4, 0.5) is 4.79 Å². The Labute approximate surface area is 146 Å². The Morgan fingerprint density at radius 3 is 2.92 bits per heavy atom. The van der Waals surface area contributed by atoms with Crippen LogP contribution in [0.1, 0.15) is 19.3 Å². The number of amides is 2. The highest BCUT2D eigenvalue weighted by Crippen LogP contribution is 2.28. The number of carbonyl (C=O) groups excluding carboxylic acids is 1. The number of likely N-dealkylation sites (N-methyl/N-ethyl adjacent to an activating group) is 1. The molecule has 1 aromatic heterocycles. The van der Waals surface area contributed by atoms with Gasteiger partial charge in [0.15, 0.2) is 5.58 Å². The van der Waals surface area contributed by atoms with E-state index in [1.165, 1.54) is 12.8 Å². The van der Waals surface area contributed by atoms with E-state index in [0.29, 0.717) is 30.8 Å². The van der Waals surface area contributed by atoms with Crippen LogP contribution < -0.4 is 11.1 Å². The fourth-order valence-corrected chi connectivity index (χ4v) is 4.11. The average molecular weight is 344 g/mol. The predicted octanol–water partition coefficient (Wildman–Crippen LogP) is 1.47. The smallest absolute Gasteiger partial charge is 0.408 e. The lowest BCUT2D eigenvalue weighted by molar-refractivity contribution is 0.188. The van der Waals surface area contributed by atoms with Gasteiger partial charge in [-0.3, -0.25) is 9.47 Å². The third kappa shape index (κ3) is 3.04. The van der Waals surface area contributed by atoms with E-state index in [-0.39, 0.29) is 11.8 Å². The summed E-state index contributed by atoms with van der Waals surface area (Å²) in [6.45, 7) is 2.39. The molecule has 4 rings (SSSR count). The number of carbonyl (C=O) groups is 1. The molecule has 134 valence electrons. The van der Waals surface area contributed by atoms with Crippen LogP contribution in [0.3, 0.4) is 0 Å². The molecule has 25 heavy (non-hydrogen) atoms. The molecule has 7 nitrogen and oxygen atoms in total. The highest BCUT2D eigenvalue weighted by Gasteiger charge is 2.35. The summed E-state index contributed by atoms with van der Waals surface area (Å²) in [5.41, 5.74) is 1.33. The van der Waals surface area contributed by atoms with Crippen molar-refractivity contribution in [2.75, 3.05) is 26.7 Å². The predicted molar refractivity (Wildman–Crippen MR) is 94.6 cm³/mol. The fraction of sp³-hybridized carbons (Fsp3) is 0.556. The first kappa shape index (κ1) is 16.2. The molecule has 2 saturated heterocycles. The molecule has 1 aromatic carbocycles. The molecule has 0 saturated carbocycles. The Balaban J connectivity index is 1.36. The van der Waals surface area contributed by atoms with Gasteiger partial charge in [-0.2, -0.15) is 0 Å². The summed E-state index contributed by atoms with van der Waals surface area (Å²) in [5.74, 6) is -0.385. The third-order valence-electron chi connectivity index (χ3n) is 5.62. The van der Waals surface area contributed by atoms with Crippen molar-refractivity contribution in [3.63, 3.8) is 0 Å². The Bertz CT molecular complexity index is 827. The number of likely N-dealkylation sites (tertiary alicyclic amines) is 1. The molecule has 2 aliphatic rings. The Kier molecular flexibility index (Phi) is 4.25. The summed E-state index contributed by atoms with van der Waals surface area (Å²) in [6.07, 6.45) is 3.45. The first-order valence-corrected chi connectivity index (χ1v) is 8.96. The number of nitrogens with one attached hydrogen (secondary N) is 1. The quantitative estimate of drug-likeness (QED) is 0.915. The van der Waals surface area contributed by atoms with Gasteiger partial charge < -0.3 is 14.6 Å². The van der Waals surface area contributed by atoms with Crippen molar-refractivity contribution in [3.8, 4) is 0 Å². The third-order valence-corrected chi connectivity index (χ3v) is 5.62. The second kappa shape index (κ2) is 6.55. The molecule has 2 atom stereocenters. The molecule has 2 bridgehead atoms. The highest BCUT2D eigenvalue weighted by atomic mass is 16.4. The van der Waals surface area contributed by atoms with E-state index < -0.39 is 0 Å². The molecular formula is C18H24N4O3. The molecule has 2 aliphatic heterocycles. The van der Waals surface area contributed by atoms with E-state index in [1.54, 1.807) is 10.6 Å². The molecular weight excluding hydrogens is 320 g/mol. The van der Waals surface area contributed by atoms with Crippen molar-refractivity contribution >= 4 is 17.1 Å². The van der Waals surface area contributed by atoms with Gasteiger partial charge in [-0.25, -0.2) is 9.59 Å². The normalized spacial score (nSPS) is 23.8. The maximum absolute atomic E-state index is 12.5. The van der Waals surface area contributed by atoms with Crippen LogP contribution >= 0.6 is 0 Å². The van der Waals surface area contributed by atoms with Crippen molar-refractivity contribution < 1.29 is 9.21 Å². The standard InChI is InChI=1S/C18H24N4O3/c1-20-13-6-7-14(20)12-21(10-8-13)17(23)19-9-11-22-15-4-2-3-5-16(15)25-18(22)24/h2-5,13-14H,6-12H2,1H3,(H,19,23). The lowest BCUT2D eigenvalue weighted by Crippen LogP contribution is -2.45. The van der Waals surface area contributed by atoms with Crippen LogP contribution in [0.2, 0.25) is 0 Å². The van der Waals surface area contributed by atoms with Crippen molar-refractivity contribution in [3.05, 3.63) is 34.8 Å². The molecule has 1 N–H and O–H groups in total. The van der Waals surface area contributed by atoms with Gasteiger partial charge in [0.2, 0.25) is 0 Å². The van der Waals surface area contributed by atoms with Crippen LogP contribution in [-0.2, 0) is 6.54 Å². The summed E-state index contributed by atoms with van der Waals surface area (Å²) in [6, 6.07) is 8.37. The number of para-hydroxylation sites is 2. The lowest BCUT2D eigenvalue weighted by atomic mass is 10.1. The lowest BCUT2D eigenvalue weighted by Gasteiger charge is -2.26. The summed E-state index contributed by atoms with van der Waals surface area (Å²) in [4.78, 5) is 28.8. The minimum atomic E-state index is -0.385. The maximum Gasteiger partial charge on any atom is 0.420 e. The number of oxazole rings is 1. The number of nitrogens with zero attached hydrogens (tertiary/aromatic N) is 3. The van der Waals surface area contributed by atoms with E-state index >= 15 is 0 Å². The van der Waals surface area contributed by atoms with E-state index in [0.717, 1.165) is 25.0 Å². The van der Waals surface area contributed by atoms with Gasteiger partial charge in [-0.15, -0.1) is 0 Å². The summed E-state index contributed by atoms with van der Waals surface area (Å²) >= 11 is 0. The summed E-state index contributed by atoms with van der Waals surface area (Å²) in [5, 5.41) is 2.95. The number of urea groups is 1. The van der Waals surface area contributed by atoms with Gasteiger partial charge >= 0.3 is 11.8 Å². The molecule has 3 heterocycles. The number of hydrogen-bond donors (Lipinski definition) is 1. The van der Waals surface area contributed by atoms with Crippen molar-refractivity contribution in [2.45, 2.75) is 37.9 Å². The molecule has 0 aliphatic carbocycles. The number of hydrogen-bond acceptors (Lipinski definition) is 4. The van der Waals surface area contributed by atoms with Crippen LogP contribution in [0, 0.1) is 0 Å². The summed E-state index contributed by atoms with van der Waals surface area (Å²) < 4.78 is 6.78. The van der Waals surface area contributed by atoms with Gasteiger partial charge in [0.1, 0.15) is 0 Å². The van der Waals surface area contributed by atoms with E-state index in [2.05, 4.69) is 17.3 Å². The first-order chi connectivity index (χ1) is 12.1. The molecule has 2 fully saturated rings. The monoisotopic (exact) mass is 344 g/mol. The summed E-state index contributed by atoms with van der Waals surface area (Å²) in [7, 11) is 2.17. The van der Waals surface area contributed by atoms with Gasteiger partial charge in [0.25, 0.3) is 0 Å². The molecule has 2 unspecified atom stereocenters. The SMILES string of the molecule is CN1C2CCC1CN(C(=O)NCCn1c(=O)oc3ccccc31)CC2. The zero-order valence-corrected chi connectivity index (χ0v) is 14.5. The van der Waals surface area contributed by atoms with Gasteiger partial charge in [0.05, 0.1) is 5.52 Å². The first-order valence-electron chi connectivity index (χ1n) is 8.96. The Hall–Kier alpha value is -2.28. The molecule has 0 spiro atoms. The zero-order valence-electron chi connectivity index (χ0n) is 14.5.